The van der Waals surface area contributed by atoms with Gasteiger partial charge < -0.3 is 28.4 Å². The SMILES string of the molecule is Cc1ccc(-c2nnn(CC(=O)N(c3ccc4c(c3)OCCO4)C(C(=O)NCC3CCCO3)c3ccco3)n2)o1. The molecule has 1 N–H and O–H groups in total. The molecule has 13 nitrogen and oxygen atoms in total. The average Bonchev–Trinajstić information content (AvgIpc) is 3.78. The molecule has 6 rings (SSSR count). The molecule has 3 aromatic heterocycles. The molecule has 0 aliphatic carbocycles. The number of hydrogen-bond acceptors (Lipinski definition) is 10. The highest BCUT2D eigenvalue weighted by atomic mass is 16.6. The highest BCUT2D eigenvalue weighted by Gasteiger charge is 2.36. The van der Waals surface area contributed by atoms with Gasteiger partial charge in [0.2, 0.25) is 5.82 Å². The van der Waals surface area contributed by atoms with E-state index >= 15 is 0 Å². The van der Waals surface area contributed by atoms with Gasteiger partial charge in [-0.25, -0.2) is 0 Å². The average molecular weight is 549 g/mol. The first-order valence-electron chi connectivity index (χ1n) is 13.0. The maximum absolute atomic E-state index is 14.0. The summed E-state index contributed by atoms with van der Waals surface area (Å²) in [4.78, 5) is 30.2. The van der Waals surface area contributed by atoms with Crippen LogP contribution in [0.1, 0.15) is 30.4 Å². The first kappa shape index (κ1) is 25.6. The third-order valence-electron chi connectivity index (χ3n) is 6.61. The summed E-state index contributed by atoms with van der Waals surface area (Å²) < 4.78 is 28.3. The molecule has 4 aromatic rings. The Kier molecular flexibility index (Phi) is 7.19. The predicted molar refractivity (Wildman–Crippen MR) is 139 cm³/mol. The summed E-state index contributed by atoms with van der Waals surface area (Å²) in [5.74, 6) is 1.77. The van der Waals surface area contributed by atoms with Crippen LogP contribution in [-0.2, 0) is 20.9 Å². The number of carbonyl (C=O) groups excluding carboxylic acids is 2. The normalized spacial score (nSPS) is 17.0. The fourth-order valence-electron chi connectivity index (χ4n) is 4.72. The van der Waals surface area contributed by atoms with Crippen molar-refractivity contribution in [2.45, 2.75) is 38.5 Å². The summed E-state index contributed by atoms with van der Waals surface area (Å²) in [5, 5.41) is 15.3. The van der Waals surface area contributed by atoms with Crippen molar-refractivity contribution in [2.24, 2.45) is 0 Å². The number of ether oxygens (including phenoxy) is 3. The Bertz CT molecular complexity index is 1470. The third-order valence-corrected chi connectivity index (χ3v) is 6.61. The molecule has 13 heteroatoms. The molecule has 2 aliphatic heterocycles. The first-order chi connectivity index (χ1) is 19.5. The molecule has 0 spiro atoms. The second kappa shape index (κ2) is 11.2. The van der Waals surface area contributed by atoms with E-state index in [2.05, 4.69) is 20.7 Å². The van der Waals surface area contributed by atoms with Crippen molar-refractivity contribution in [3.8, 4) is 23.1 Å². The molecule has 1 aromatic carbocycles. The minimum Gasteiger partial charge on any atom is -0.486 e. The lowest BCUT2D eigenvalue weighted by atomic mass is 10.1. The van der Waals surface area contributed by atoms with E-state index < -0.39 is 17.9 Å². The van der Waals surface area contributed by atoms with Crippen molar-refractivity contribution >= 4 is 17.5 Å². The van der Waals surface area contributed by atoms with Crippen molar-refractivity contribution in [1.29, 1.82) is 0 Å². The first-order valence-corrected chi connectivity index (χ1v) is 13.0. The molecule has 2 amide bonds. The zero-order valence-electron chi connectivity index (χ0n) is 21.8. The van der Waals surface area contributed by atoms with Gasteiger partial charge in [0.1, 0.15) is 31.3 Å². The second-order valence-corrected chi connectivity index (χ2v) is 9.44. The maximum Gasteiger partial charge on any atom is 0.251 e. The molecule has 2 aliphatic rings. The van der Waals surface area contributed by atoms with Crippen molar-refractivity contribution in [3.05, 3.63) is 60.2 Å². The lowest BCUT2D eigenvalue weighted by Crippen LogP contribution is -2.46. The highest BCUT2D eigenvalue weighted by Crippen LogP contribution is 2.37. The molecule has 40 heavy (non-hydrogen) atoms. The fraction of sp³-hybridized carbons (Fsp3) is 0.370. The van der Waals surface area contributed by atoms with Gasteiger partial charge in [0.05, 0.1) is 12.4 Å². The van der Waals surface area contributed by atoms with Crippen molar-refractivity contribution < 1.29 is 32.6 Å². The zero-order valence-corrected chi connectivity index (χ0v) is 21.8. The molecule has 0 saturated carbocycles. The van der Waals surface area contributed by atoms with Gasteiger partial charge in [0.25, 0.3) is 11.8 Å². The molecule has 5 heterocycles. The number of aryl methyl sites for hydroxylation is 1. The standard InChI is InChI=1S/C27H28N6O7/c1-17-6-8-22(40-17)26-29-31-32(30-26)16-24(34)33(18-7-9-20-23(14-18)39-13-12-38-20)25(21-5-3-11-37-21)27(35)28-15-19-4-2-10-36-19/h3,5-9,11,14,19,25H,2,4,10,12-13,15-16H2,1H3,(H,28,35). The number of fused-ring (bicyclic) bond motifs is 1. The van der Waals surface area contributed by atoms with Crippen LogP contribution < -0.4 is 19.7 Å². The number of nitrogens with one attached hydrogen (secondary N) is 1. The number of benzene rings is 1. The molecular weight excluding hydrogens is 520 g/mol. The third kappa shape index (κ3) is 5.41. The predicted octanol–water partition coefficient (Wildman–Crippen LogP) is 2.68. The number of amides is 2. The molecule has 2 atom stereocenters. The molecule has 0 radical (unpaired) electrons. The van der Waals surface area contributed by atoms with E-state index in [1.54, 1.807) is 49.4 Å². The van der Waals surface area contributed by atoms with E-state index in [1.807, 2.05) is 0 Å². The van der Waals surface area contributed by atoms with E-state index in [1.165, 1.54) is 11.2 Å². The van der Waals surface area contributed by atoms with Crippen molar-refractivity contribution in [2.75, 3.05) is 31.3 Å². The monoisotopic (exact) mass is 548 g/mol. The number of nitrogens with zero attached hydrogens (tertiary/aromatic N) is 5. The van der Waals surface area contributed by atoms with Crippen LogP contribution in [0.25, 0.3) is 11.6 Å². The number of anilines is 1. The number of hydrogen-bond donors (Lipinski definition) is 1. The summed E-state index contributed by atoms with van der Waals surface area (Å²) in [6.45, 7) is 3.26. The van der Waals surface area contributed by atoms with Crippen LogP contribution >= 0.6 is 0 Å². The van der Waals surface area contributed by atoms with E-state index in [0.29, 0.717) is 55.1 Å². The summed E-state index contributed by atoms with van der Waals surface area (Å²) in [6, 6.07) is 10.8. The summed E-state index contributed by atoms with van der Waals surface area (Å²) >= 11 is 0. The molecular formula is C27H28N6O7. The number of tetrazole rings is 1. The summed E-state index contributed by atoms with van der Waals surface area (Å²) in [7, 11) is 0. The Morgan fingerprint density at radius 1 is 1.12 bits per heavy atom. The van der Waals surface area contributed by atoms with E-state index in [0.717, 1.165) is 17.6 Å². The second-order valence-electron chi connectivity index (χ2n) is 9.44. The van der Waals surface area contributed by atoms with Gasteiger partial charge in [-0.2, -0.15) is 4.80 Å². The topological polar surface area (TPSA) is 147 Å². The lowest BCUT2D eigenvalue weighted by Gasteiger charge is -2.31. The van der Waals surface area contributed by atoms with Crippen LogP contribution in [-0.4, -0.2) is 64.5 Å². The van der Waals surface area contributed by atoms with Crippen LogP contribution in [0.15, 0.2) is 57.6 Å². The lowest BCUT2D eigenvalue weighted by molar-refractivity contribution is -0.127. The molecule has 2 unspecified atom stereocenters. The number of rotatable bonds is 9. The van der Waals surface area contributed by atoms with Crippen molar-refractivity contribution in [1.82, 2.24) is 25.5 Å². The fourth-order valence-corrected chi connectivity index (χ4v) is 4.72. The minimum absolute atomic E-state index is 0.0809. The summed E-state index contributed by atoms with van der Waals surface area (Å²) in [6.07, 6.45) is 3.17. The Hall–Kier alpha value is -4.65. The van der Waals surface area contributed by atoms with Crippen LogP contribution in [0, 0.1) is 6.92 Å². The Morgan fingerprint density at radius 3 is 2.75 bits per heavy atom. The van der Waals surface area contributed by atoms with Gasteiger partial charge in [-0.05, 0) is 61.4 Å². The molecule has 1 fully saturated rings. The van der Waals surface area contributed by atoms with Crippen LogP contribution in [0.3, 0.4) is 0 Å². The molecule has 0 bridgehead atoms. The van der Waals surface area contributed by atoms with E-state index in [-0.39, 0.29) is 24.2 Å². The largest absolute Gasteiger partial charge is 0.486 e. The Balaban J connectivity index is 1.33. The van der Waals surface area contributed by atoms with Gasteiger partial charge in [-0.1, -0.05) is 0 Å². The van der Waals surface area contributed by atoms with Gasteiger partial charge in [-0.15, -0.1) is 10.2 Å². The van der Waals surface area contributed by atoms with Crippen LogP contribution in [0.2, 0.25) is 0 Å². The molecule has 1 saturated heterocycles. The number of carbonyl (C=O) groups is 2. The molecule has 208 valence electrons. The van der Waals surface area contributed by atoms with Crippen LogP contribution in [0.4, 0.5) is 5.69 Å². The number of furan rings is 2. The van der Waals surface area contributed by atoms with Crippen molar-refractivity contribution in [3.63, 3.8) is 0 Å². The van der Waals surface area contributed by atoms with Gasteiger partial charge in [-0.3, -0.25) is 14.5 Å². The quantitative estimate of drug-likeness (QED) is 0.331. The van der Waals surface area contributed by atoms with Gasteiger partial charge in [0.15, 0.2) is 23.3 Å². The summed E-state index contributed by atoms with van der Waals surface area (Å²) in [5.41, 5.74) is 0.407. The zero-order chi connectivity index (χ0) is 27.5. The van der Waals surface area contributed by atoms with Gasteiger partial charge >= 0.3 is 0 Å². The minimum atomic E-state index is -1.14. The highest BCUT2D eigenvalue weighted by molar-refractivity contribution is 6.01. The van der Waals surface area contributed by atoms with E-state index in [4.69, 9.17) is 23.0 Å². The smallest absolute Gasteiger partial charge is 0.251 e. The Labute approximate surface area is 229 Å². The maximum atomic E-state index is 14.0. The Morgan fingerprint density at radius 2 is 2.00 bits per heavy atom. The number of aromatic nitrogens is 4. The van der Waals surface area contributed by atoms with Gasteiger partial charge in [0, 0.05) is 24.9 Å². The van der Waals surface area contributed by atoms with Crippen LogP contribution in [0.5, 0.6) is 11.5 Å². The van der Waals surface area contributed by atoms with E-state index in [9.17, 15) is 9.59 Å².